The molecule has 0 radical (unpaired) electrons. The molecule has 2 rings (SSSR count). The van der Waals surface area contributed by atoms with Crippen molar-refractivity contribution < 1.29 is 4.79 Å². The minimum atomic E-state index is -0.0293. The summed E-state index contributed by atoms with van der Waals surface area (Å²) < 4.78 is 0. The van der Waals surface area contributed by atoms with Gasteiger partial charge in [0.15, 0.2) is 0 Å². The number of amides is 1. The van der Waals surface area contributed by atoms with Crippen molar-refractivity contribution >= 4 is 22.9 Å². The highest BCUT2D eigenvalue weighted by molar-refractivity contribution is 7.10. The van der Waals surface area contributed by atoms with Gasteiger partial charge in [-0.15, -0.1) is 11.3 Å². The van der Waals surface area contributed by atoms with Gasteiger partial charge in [0, 0.05) is 22.7 Å². The van der Waals surface area contributed by atoms with Crippen LogP contribution in [0, 0.1) is 5.92 Å². The molecule has 0 aliphatic carbocycles. The molecular formula is C17H22N2OS. The highest BCUT2D eigenvalue weighted by Gasteiger charge is 2.17. The number of thiophene rings is 1. The minimum absolute atomic E-state index is 0.0293. The zero-order valence-corrected chi connectivity index (χ0v) is 13.5. The summed E-state index contributed by atoms with van der Waals surface area (Å²) in [7, 11) is 0. The molecular weight excluding hydrogens is 280 g/mol. The third-order valence-electron chi connectivity index (χ3n) is 3.30. The van der Waals surface area contributed by atoms with E-state index < -0.39 is 0 Å². The SMILES string of the molecule is CCNC(=O)c1cccc(NC(c2cccs2)C(C)C)c1. The molecule has 1 aromatic carbocycles. The molecule has 0 spiro atoms. The van der Waals surface area contributed by atoms with Crippen LogP contribution < -0.4 is 10.6 Å². The highest BCUT2D eigenvalue weighted by atomic mass is 32.1. The standard InChI is InChI=1S/C17H22N2OS/c1-4-18-17(20)13-7-5-8-14(11-13)19-16(12(2)3)15-9-6-10-21-15/h5-12,16,19H,4H2,1-3H3,(H,18,20). The van der Waals surface area contributed by atoms with E-state index in [1.807, 2.05) is 31.2 Å². The van der Waals surface area contributed by atoms with Crippen LogP contribution in [0.5, 0.6) is 0 Å². The number of carbonyl (C=O) groups excluding carboxylic acids is 1. The first-order valence-electron chi connectivity index (χ1n) is 7.30. The smallest absolute Gasteiger partial charge is 0.251 e. The Hall–Kier alpha value is -1.81. The van der Waals surface area contributed by atoms with Gasteiger partial charge < -0.3 is 10.6 Å². The molecule has 2 N–H and O–H groups in total. The first kappa shape index (κ1) is 15.6. The molecule has 112 valence electrons. The molecule has 0 aliphatic heterocycles. The van der Waals surface area contributed by atoms with Crippen molar-refractivity contribution in [2.75, 3.05) is 11.9 Å². The second-order valence-electron chi connectivity index (χ2n) is 5.32. The molecule has 3 nitrogen and oxygen atoms in total. The molecule has 1 amide bonds. The summed E-state index contributed by atoms with van der Waals surface area (Å²) >= 11 is 1.76. The van der Waals surface area contributed by atoms with E-state index in [4.69, 9.17) is 0 Å². The molecule has 0 fully saturated rings. The number of rotatable bonds is 6. The molecule has 1 heterocycles. The van der Waals surface area contributed by atoms with Gasteiger partial charge in [-0.05, 0) is 42.5 Å². The predicted molar refractivity (Wildman–Crippen MR) is 90.0 cm³/mol. The Labute approximate surface area is 130 Å². The summed E-state index contributed by atoms with van der Waals surface area (Å²) in [6.45, 7) is 6.96. The van der Waals surface area contributed by atoms with E-state index in [1.165, 1.54) is 4.88 Å². The fourth-order valence-corrected chi connectivity index (χ4v) is 3.18. The van der Waals surface area contributed by atoms with Crippen molar-refractivity contribution in [3.8, 4) is 0 Å². The molecule has 0 saturated heterocycles. The lowest BCUT2D eigenvalue weighted by molar-refractivity contribution is 0.0956. The molecule has 21 heavy (non-hydrogen) atoms. The summed E-state index contributed by atoms with van der Waals surface area (Å²) in [5.74, 6) is 0.440. The second-order valence-corrected chi connectivity index (χ2v) is 6.30. The summed E-state index contributed by atoms with van der Waals surface area (Å²) in [5.41, 5.74) is 1.67. The van der Waals surface area contributed by atoms with Crippen LogP contribution in [0.2, 0.25) is 0 Å². The zero-order valence-electron chi connectivity index (χ0n) is 12.7. The van der Waals surface area contributed by atoms with Crippen LogP contribution in [-0.4, -0.2) is 12.5 Å². The molecule has 0 saturated carbocycles. The monoisotopic (exact) mass is 302 g/mol. The first-order chi connectivity index (χ1) is 10.1. The Kier molecular flexibility index (Phi) is 5.39. The van der Waals surface area contributed by atoms with Crippen LogP contribution in [0.3, 0.4) is 0 Å². The van der Waals surface area contributed by atoms with Gasteiger partial charge in [0.1, 0.15) is 0 Å². The van der Waals surface area contributed by atoms with Gasteiger partial charge in [-0.1, -0.05) is 26.0 Å². The van der Waals surface area contributed by atoms with Gasteiger partial charge in [-0.25, -0.2) is 0 Å². The van der Waals surface area contributed by atoms with Gasteiger partial charge in [-0.3, -0.25) is 4.79 Å². The minimum Gasteiger partial charge on any atom is -0.377 e. The van der Waals surface area contributed by atoms with Crippen molar-refractivity contribution in [2.45, 2.75) is 26.8 Å². The van der Waals surface area contributed by atoms with E-state index in [0.717, 1.165) is 5.69 Å². The Bertz CT molecular complexity index is 578. The van der Waals surface area contributed by atoms with Crippen LogP contribution in [0.1, 0.15) is 42.0 Å². The maximum Gasteiger partial charge on any atom is 0.251 e. The topological polar surface area (TPSA) is 41.1 Å². The number of benzene rings is 1. The van der Waals surface area contributed by atoms with E-state index >= 15 is 0 Å². The Morgan fingerprint density at radius 3 is 2.67 bits per heavy atom. The number of hydrogen-bond donors (Lipinski definition) is 2. The van der Waals surface area contributed by atoms with E-state index in [9.17, 15) is 4.79 Å². The van der Waals surface area contributed by atoms with Crippen molar-refractivity contribution in [3.05, 3.63) is 52.2 Å². The number of carbonyl (C=O) groups is 1. The number of nitrogens with one attached hydrogen (secondary N) is 2. The van der Waals surface area contributed by atoms with Crippen molar-refractivity contribution in [1.29, 1.82) is 0 Å². The number of hydrogen-bond acceptors (Lipinski definition) is 3. The fraction of sp³-hybridized carbons (Fsp3) is 0.353. The first-order valence-corrected chi connectivity index (χ1v) is 8.18. The van der Waals surface area contributed by atoms with E-state index in [2.05, 4.69) is 42.0 Å². The van der Waals surface area contributed by atoms with Crippen LogP contribution in [0.15, 0.2) is 41.8 Å². The maximum absolute atomic E-state index is 11.9. The lowest BCUT2D eigenvalue weighted by Crippen LogP contribution is -2.23. The molecule has 2 aromatic rings. The summed E-state index contributed by atoms with van der Waals surface area (Å²) in [4.78, 5) is 13.2. The van der Waals surface area contributed by atoms with Gasteiger partial charge >= 0.3 is 0 Å². The average molecular weight is 302 g/mol. The normalized spacial score (nSPS) is 12.2. The lowest BCUT2D eigenvalue weighted by Gasteiger charge is -2.22. The third-order valence-corrected chi connectivity index (χ3v) is 4.26. The molecule has 0 bridgehead atoms. The van der Waals surface area contributed by atoms with Crippen LogP contribution in [-0.2, 0) is 0 Å². The molecule has 1 atom stereocenters. The van der Waals surface area contributed by atoms with E-state index in [0.29, 0.717) is 18.0 Å². The van der Waals surface area contributed by atoms with Crippen molar-refractivity contribution in [1.82, 2.24) is 5.32 Å². The lowest BCUT2D eigenvalue weighted by atomic mass is 10.0. The largest absolute Gasteiger partial charge is 0.377 e. The Morgan fingerprint density at radius 2 is 2.05 bits per heavy atom. The zero-order chi connectivity index (χ0) is 15.2. The Balaban J connectivity index is 2.18. The van der Waals surface area contributed by atoms with Gasteiger partial charge in [0.25, 0.3) is 5.91 Å². The van der Waals surface area contributed by atoms with Gasteiger partial charge in [0.2, 0.25) is 0 Å². The molecule has 4 heteroatoms. The third kappa shape index (κ3) is 4.08. The maximum atomic E-state index is 11.9. The van der Waals surface area contributed by atoms with Gasteiger partial charge in [0.05, 0.1) is 6.04 Å². The van der Waals surface area contributed by atoms with Crippen LogP contribution >= 0.6 is 11.3 Å². The highest BCUT2D eigenvalue weighted by Crippen LogP contribution is 2.29. The van der Waals surface area contributed by atoms with Crippen LogP contribution in [0.25, 0.3) is 0 Å². The fourth-order valence-electron chi connectivity index (χ4n) is 2.23. The summed E-state index contributed by atoms with van der Waals surface area (Å²) in [6, 6.07) is 12.1. The Morgan fingerprint density at radius 1 is 1.24 bits per heavy atom. The molecule has 1 unspecified atom stereocenters. The van der Waals surface area contributed by atoms with E-state index in [-0.39, 0.29) is 11.9 Å². The number of anilines is 1. The van der Waals surface area contributed by atoms with Crippen LogP contribution in [0.4, 0.5) is 5.69 Å². The summed E-state index contributed by atoms with van der Waals surface area (Å²) in [6.07, 6.45) is 0. The van der Waals surface area contributed by atoms with Gasteiger partial charge in [-0.2, -0.15) is 0 Å². The van der Waals surface area contributed by atoms with Crippen molar-refractivity contribution in [3.63, 3.8) is 0 Å². The van der Waals surface area contributed by atoms with E-state index in [1.54, 1.807) is 11.3 Å². The summed E-state index contributed by atoms with van der Waals surface area (Å²) in [5, 5.41) is 8.47. The molecule has 0 aliphatic rings. The second kappa shape index (κ2) is 7.27. The quantitative estimate of drug-likeness (QED) is 0.835. The molecule has 1 aromatic heterocycles. The average Bonchev–Trinajstić information content (AvgIpc) is 2.99. The predicted octanol–water partition coefficient (Wildman–Crippen LogP) is 4.31. The van der Waals surface area contributed by atoms with Crippen molar-refractivity contribution in [2.24, 2.45) is 5.92 Å².